The minimum atomic E-state index is -0.319. The Morgan fingerprint density at radius 2 is 2.08 bits per heavy atom. The second-order valence-corrected chi connectivity index (χ2v) is 6.87. The molecule has 25 heavy (non-hydrogen) atoms. The number of aromatic nitrogens is 2. The molecule has 0 fully saturated rings. The van der Waals surface area contributed by atoms with E-state index in [9.17, 15) is 4.79 Å². The topological polar surface area (TPSA) is 73.3 Å². The van der Waals surface area contributed by atoms with Gasteiger partial charge in [0.05, 0.1) is 18.7 Å². The van der Waals surface area contributed by atoms with Crippen LogP contribution in [0.2, 0.25) is 5.02 Å². The minimum absolute atomic E-state index is 0.319. The molecular formula is C17H22ClN3O3S. The molecular weight excluding hydrogens is 362 g/mol. The average Bonchev–Trinajstić information content (AvgIpc) is 3.05. The van der Waals surface area contributed by atoms with Crippen molar-refractivity contribution in [2.24, 2.45) is 0 Å². The second kappa shape index (κ2) is 9.58. The second-order valence-electron chi connectivity index (χ2n) is 5.40. The van der Waals surface area contributed by atoms with Crippen molar-refractivity contribution in [2.75, 3.05) is 19.0 Å². The van der Waals surface area contributed by atoms with Crippen molar-refractivity contribution in [3.05, 3.63) is 27.7 Å². The Bertz CT molecular complexity index is 721. The van der Waals surface area contributed by atoms with Crippen LogP contribution in [0.5, 0.6) is 11.5 Å². The fourth-order valence-electron chi connectivity index (χ4n) is 2.10. The van der Waals surface area contributed by atoms with Gasteiger partial charge in [0, 0.05) is 12.0 Å². The van der Waals surface area contributed by atoms with E-state index < -0.39 is 0 Å². The van der Waals surface area contributed by atoms with Crippen molar-refractivity contribution in [2.45, 2.75) is 39.5 Å². The summed E-state index contributed by atoms with van der Waals surface area (Å²) in [5, 5.41) is 12.6. The SMILES string of the molecule is CCCCc1nnc(NC(=O)c2cc(Cl)c(OCCC)c(OC)c2)s1. The molecule has 1 heterocycles. The van der Waals surface area contributed by atoms with Crippen molar-refractivity contribution in [3.63, 3.8) is 0 Å². The number of rotatable bonds is 9. The first kappa shape index (κ1) is 19.5. The lowest BCUT2D eigenvalue weighted by molar-refractivity contribution is 0.102. The quantitative estimate of drug-likeness (QED) is 0.685. The first-order valence-electron chi connectivity index (χ1n) is 8.23. The first-order valence-corrected chi connectivity index (χ1v) is 9.42. The summed E-state index contributed by atoms with van der Waals surface area (Å²) in [6.07, 6.45) is 3.85. The summed E-state index contributed by atoms with van der Waals surface area (Å²) < 4.78 is 10.9. The summed E-state index contributed by atoms with van der Waals surface area (Å²) in [4.78, 5) is 12.5. The van der Waals surface area contributed by atoms with Crippen molar-refractivity contribution < 1.29 is 14.3 Å². The van der Waals surface area contributed by atoms with Gasteiger partial charge in [-0.3, -0.25) is 10.1 Å². The molecule has 0 radical (unpaired) electrons. The number of hydrogen-bond acceptors (Lipinski definition) is 6. The number of nitrogens with zero attached hydrogens (tertiary/aromatic N) is 2. The third kappa shape index (κ3) is 5.31. The lowest BCUT2D eigenvalue weighted by Crippen LogP contribution is -2.12. The number of anilines is 1. The highest BCUT2D eigenvalue weighted by Crippen LogP contribution is 2.36. The summed E-state index contributed by atoms with van der Waals surface area (Å²) in [6.45, 7) is 4.64. The van der Waals surface area contributed by atoms with Crippen LogP contribution < -0.4 is 14.8 Å². The molecule has 0 aliphatic rings. The highest BCUT2D eigenvalue weighted by molar-refractivity contribution is 7.15. The maximum atomic E-state index is 12.5. The molecule has 2 rings (SSSR count). The van der Waals surface area contributed by atoms with Crippen LogP contribution in [0.25, 0.3) is 0 Å². The van der Waals surface area contributed by atoms with Gasteiger partial charge in [-0.15, -0.1) is 10.2 Å². The Kier molecular flexibility index (Phi) is 7.46. The molecule has 0 saturated carbocycles. The molecule has 136 valence electrons. The van der Waals surface area contributed by atoms with Crippen molar-refractivity contribution in [3.8, 4) is 11.5 Å². The van der Waals surface area contributed by atoms with Gasteiger partial charge in [0.25, 0.3) is 5.91 Å². The lowest BCUT2D eigenvalue weighted by Gasteiger charge is -2.13. The van der Waals surface area contributed by atoms with Crippen LogP contribution in [0.1, 0.15) is 48.5 Å². The Balaban J connectivity index is 2.13. The number of aryl methyl sites for hydroxylation is 1. The van der Waals surface area contributed by atoms with Gasteiger partial charge in [0.2, 0.25) is 5.13 Å². The van der Waals surface area contributed by atoms with Crippen LogP contribution in [0, 0.1) is 0 Å². The van der Waals surface area contributed by atoms with E-state index in [0.717, 1.165) is 30.7 Å². The Morgan fingerprint density at radius 3 is 2.76 bits per heavy atom. The predicted molar refractivity (Wildman–Crippen MR) is 100 cm³/mol. The third-order valence-corrected chi connectivity index (χ3v) is 4.55. The zero-order valence-corrected chi connectivity index (χ0v) is 16.2. The van der Waals surface area contributed by atoms with Crippen LogP contribution in [0.4, 0.5) is 5.13 Å². The predicted octanol–water partition coefficient (Wildman–Crippen LogP) is 4.58. The van der Waals surface area contributed by atoms with Crippen molar-refractivity contribution in [1.29, 1.82) is 0 Å². The maximum absolute atomic E-state index is 12.5. The number of hydrogen-bond donors (Lipinski definition) is 1. The molecule has 0 aliphatic heterocycles. The van der Waals surface area contributed by atoms with Crippen molar-refractivity contribution >= 4 is 34.0 Å². The highest BCUT2D eigenvalue weighted by atomic mass is 35.5. The van der Waals surface area contributed by atoms with Crippen LogP contribution in [0.3, 0.4) is 0 Å². The van der Waals surface area contributed by atoms with Crippen LogP contribution >= 0.6 is 22.9 Å². The molecule has 0 unspecified atom stereocenters. The summed E-state index contributed by atoms with van der Waals surface area (Å²) in [5.41, 5.74) is 0.371. The molecule has 1 amide bonds. The molecule has 0 saturated heterocycles. The van der Waals surface area contributed by atoms with Gasteiger partial charge in [-0.2, -0.15) is 0 Å². The summed E-state index contributed by atoms with van der Waals surface area (Å²) in [5.74, 6) is 0.549. The Morgan fingerprint density at radius 1 is 1.28 bits per heavy atom. The molecule has 2 aromatic rings. The molecule has 0 spiro atoms. The molecule has 0 atom stereocenters. The molecule has 6 nitrogen and oxygen atoms in total. The van der Waals surface area contributed by atoms with E-state index in [1.165, 1.54) is 18.4 Å². The summed E-state index contributed by atoms with van der Waals surface area (Å²) in [6, 6.07) is 3.16. The Labute approximate surface area is 156 Å². The van der Waals surface area contributed by atoms with Gasteiger partial charge in [-0.25, -0.2) is 0 Å². The minimum Gasteiger partial charge on any atom is -0.493 e. The number of carbonyl (C=O) groups is 1. The number of unbranched alkanes of at least 4 members (excludes halogenated alkanes) is 1. The van der Waals surface area contributed by atoms with Crippen LogP contribution in [-0.4, -0.2) is 29.8 Å². The molecule has 0 aliphatic carbocycles. The van der Waals surface area contributed by atoms with Gasteiger partial charge in [0.1, 0.15) is 5.01 Å². The summed E-state index contributed by atoms with van der Waals surface area (Å²) >= 11 is 7.63. The number of benzene rings is 1. The van der Waals surface area contributed by atoms with Crippen LogP contribution in [-0.2, 0) is 6.42 Å². The number of carbonyl (C=O) groups excluding carboxylic acids is 1. The molecule has 1 N–H and O–H groups in total. The number of halogens is 1. The fraction of sp³-hybridized carbons (Fsp3) is 0.471. The van der Waals surface area contributed by atoms with E-state index in [2.05, 4.69) is 22.4 Å². The first-order chi connectivity index (χ1) is 12.1. The fourth-order valence-corrected chi connectivity index (χ4v) is 3.14. The van der Waals surface area contributed by atoms with E-state index in [-0.39, 0.29) is 5.91 Å². The van der Waals surface area contributed by atoms with Gasteiger partial charge in [0.15, 0.2) is 11.5 Å². The van der Waals surface area contributed by atoms with Crippen LogP contribution in [0.15, 0.2) is 12.1 Å². The molecule has 1 aromatic carbocycles. The number of amides is 1. The number of nitrogens with one attached hydrogen (secondary N) is 1. The smallest absolute Gasteiger partial charge is 0.257 e. The standard InChI is InChI=1S/C17H22ClN3O3S/c1-4-6-7-14-20-21-17(25-14)19-16(22)11-9-12(18)15(24-8-5-2)13(10-11)23-3/h9-10H,4-8H2,1-3H3,(H,19,21,22). The zero-order valence-electron chi connectivity index (χ0n) is 14.6. The van der Waals surface area contributed by atoms with E-state index >= 15 is 0 Å². The molecule has 8 heteroatoms. The summed E-state index contributed by atoms with van der Waals surface area (Å²) in [7, 11) is 1.51. The van der Waals surface area contributed by atoms with Gasteiger partial charge in [-0.1, -0.05) is 43.2 Å². The van der Waals surface area contributed by atoms with E-state index in [1.807, 2.05) is 6.92 Å². The van der Waals surface area contributed by atoms with Gasteiger partial charge >= 0.3 is 0 Å². The normalized spacial score (nSPS) is 10.6. The van der Waals surface area contributed by atoms with Gasteiger partial charge in [-0.05, 0) is 25.0 Å². The lowest BCUT2D eigenvalue weighted by atomic mass is 10.2. The van der Waals surface area contributed by atoms with E-state index in [1.54, 1.807) is 12.1 Å². The highest BCUT2D eigenvalue weighted by Gasteiger charge is 2.17. The largest absolute Gasteiger partial charge is 0.493 e. The monoisotopic (exact) mass is 383 g/mol. The number of ether oxygens (including phenoxy) is 2. The van der Waals surface area contributed by atoms with Crippen molar-refractivity contribution in [1.82, 2.24) is 10.2 Å². The zero-order chi connectivity index (χ0) is 18.2. The van der Waals surface area contributed by atoms with E-state index in [0.29, 0.717) is 33.8 Å². The molecule has 1 aromatic heterocycles. The van der Waals surface area contributed by atoms with Gasteiger partial charge < -0.3 is 9.47 Å². The molecule has 0 bridgehead atoms. The third-order valence-electron chi connectivity index (χ3n) is 3.37. The maximum Gasteiger partial charge on any atom is 0.257 e. The number of methoxy groups -OCH3 is 1. The Hall–Kier alpha value is -1.86. The average molecular weight is 384 g/mol. The van der Waals surface area contributed by atoms with E-state index in [4.69, 9.17) is 21.1 Å².